The average molecular weight is 330 g/mol. The molecule has 2 atom stereocenters. The summed E-state index contributed by atoms with van der Waals surface area (Å²) in [5, 5.41) is 0. The number of carbonyl (C=O) groups excluding carboxylic acids is 1. The minimum absolute atomic E-state index is 0.000636. The smallest absolute Gasteiger partial charge is 0.261 e. The molecule has 0 aromatic heterocycles. The Labute approximate surface area is 128 Å². The van der Waals surface area contributed by atoms with Crippen LogP contribution in [0.1, 0.15) is 31.2 Å². The number of hydrogen-bond donors (Lipinski definition) is 0. The summed E-state index contributed by atoms with van der Waals surface area (Å²) in [5.41, 5.74) is 0.612. The van der Waals surface area contributed by atoms with Gasteiger partial charge in [-0.05, 0) is 38.0 Å². The van der Waals surface area contributed by atoms with E-state index in [9.17, 15) is 13.2 Å². The minimum Gasteiger partial charge on any atom is -0.492 e. The van der Waals surface area contributed by atoms with E-state index in [1.54, 1.807) is 6.07 Å². The van der Waals surface area contributed by atoms with Crippen LogP contribution in [0.25, 0.3) is 0 Å². The molecule has 2 unspecified atom stereocenters. The van der Waals surface area contributed by atoms with Crippen molar-refractivity contribution in [2.24, 2.45) is 0 Å². The molecule has 2 aliphatic rings. The molecule has 0 bridgehead atoms. The highest BCUT2D eigenvalue weighted by molar-refractivity contribution is 8.13. The van der Waals surface area contributed by atoms with Gasteiger partial charge in [0.1, 0.15) is 18.3 Å². The van der Waals surface area contributed by atoms with Gasteiger partial charge in [0.05, 0.1) is 4.90 Å². The van der Waals surface area contributed by atoms with Gasteiger partial charge < -0.3 is 9.64 Å². The zero-order valence-electron chi connectivity index (χ0n) is 11.6. The molecule has 21 heavy (non-hydrogen) atoms. The summed E-state index contributed by atoms with van der Waals surface area (Å²) in [6, 6.07) is 4.63. The van der Waals surface area contributed by atoms with Crippen molar-refractivity contribution in [3.05, 3.63) is 23.8 Å². The Hall–Kier alpha value is -1.27. The molecule has 5 nitrogen and oxygen atoms in total. The van der Waals surface area contributed by atoms with Crippen molar-refractivity contribution in [1.82, 2.24) is 4.90 Å². The van der Waals surface area contributed by atoms with Crippen LogP contribution < -0.4 is 4.74 Å². The van der Waals surface area contributed by atoms with E-state index in [4.69, 9.17) is 15.4 Å². The zero-order chi connectivity index (χ0) is 15.2. The Morgan fingerprint density at radius 2 is 2.19 bits per heavy atom. The molecular weight excluding hydrogens is 314 g/mol. The van der Waals surface area contributed by atoms with Gasteiger partial charge in [0.15, 0.2) is 0 Å². The van der Waals surface area contributed by atoms with Gasteiger partial charge in [0.2, 0.25) is 5.91 Å². The van der Waals surface area contributed by atoms with Gasteiger partial charge in [-0.1, -0.05) is 0 Å². The van der Waals surface area contributed by atoms with Crippen LogP contribution in [0.15, 0.2) is 23.1 Å². The maximum atomic E-state index is 12.6. The number of halogens is 1. The molecule has 0 aliphatic carbocycles. The van der Waals surface area contributed by atoms with Crippen LogP contribution in [-0.4, -0.2) is 38.4 Å². The lowest BCUT2D eigenvalue weighted by Gasteiger charge is -2.24. The van der Waals surface area contributed by atoms with E-state index in [0.29, 0.717) is 11.3 Å². The number of fused-ring (bicyclic) bond motifs is 1. The van der Waals surface area contributed by atoms with Gasteiger partial charge in [-0.15, -0.1) is 0 Å². The van der Waals surface area contributed by atoms with Crippen LogP contribution in [0.2, 0.25) is 0 Å². The van der Waals surface area contributed by atoms with Crippen LogP contribution in [-0.2, 0) is 13.8 Å². The molecular formula is C14H16ClNO4S. The molecule has 1 aromatic rings. The highest BCUT2D eigenvalue weighted by Crippen LogP contribution is 2.38. The van der Waals surface area contributed by atoms with Crippen molar-refractivity contribution in [3.63, 3.8) is 0 Å². The van der Waals surface area contributed by atoms with Gasteiger partial charge >= 0.3 is 0 Å². The summed E-state index contributed by atoms with van der Waals surface area (Å²) in [4.78, 5) is 14.5. The lowest BCUT2D eigenvalue weighted by Crippen LogP contribution is -2.37. The number of amides is 1. The number of nitrogens with zero attached hydrogens (tertiary/aromatic N) is 1. The normalized spacial score (nSPS) is 24.8. The third kappa shape index (κ3) is 2.62. The van der Waals surface area contributed by atoms with E-state index in [1.807, 2.05) is 11.8 Å². The van der Waals surface area contributed by atoms with Crippen molar-refractivity contribution < 1.29 is 17.9 Å². The van der Waals surface area contributed by atoms with Crippen molar-refractivity contribution in [2.45, 2.75) is 36.6 Å². The molecule has 0 spiro atoms. The summed E-state index contributed by atoms with van der Waals surface area (Å²) in [6.07, 6.45) is 2.01. The van der Waals surface area contributed by atoms with Crippen LogP contribution >= 0.6 is 10.7 Å². The van der Waals surface area contributed by atoms with E-state index in [0.717, 1.165) is 19.4 Å². The molecule has 3 rings (SSSR count). The quantitative estimate of drug-likeness (QED) is 0.779. The van der Waals surface area contributed by atoms with Crippen molar-refractivity contribution >= 4 is 25.6 Å². The first-order valence-electron chi connectivity index (χ1n) is 6.90. The third-order valence-corrected chi connectivity index (χ3v) is 5.53. The highest BCUT2D eigenvalue weighted by atomic mass is 35.7. The number of carbonyl (C=O) groups is 1. The molecule has 1 amide bonds. The first-order chi connectivity index (χ1) is 9.88. The fraction of sp³-hybridized carbons (Fsp3) is 0.500. The van der Waals surface area contributed by atoms with E-state index in [1.165, 1.54) is 12.1 Å². The van der Waals surface area contributed by atoms with Gasteiger partial charge in [0, 0.05) is 28.8 Å². The summed E-state index contributed by atoms with van der Waals surface area (Å²) in [6.45, 7) is 3.03. The Bertz CT molecular complexity index is 688. The van der Waals surface area contributed by atoms with E-state index in [2.05, 4.69) is 0 Å². The number of rotatable bonds is 2. The highest BCUT2D eigenvalue weighted by Gasteiger charge is 2.37. The fourth-order valence-electron chi connectivity index (χ4n) is 3.01. The van der Waals surface area contributed by atoms with E-state index in [-0.39, 0.29) is 23.5 Å². The van der Waals surface area contributed by atoms with Gasteiger partial charge in [-0.2, -0.15) is 0 Å². The molecule has 114 valence electrons. The topological polar surface area (TPSA) is 63.7 Å². The lowest BCUT2D eigenvalue weighted by molar-refractivity contribution is -0.133. The monoisotopic (exact) mass is 329 g/mol. The molecule has 2 heterocycles. The Morgan fingerprint density at radius 1 is 1.43 bits per heavy atom. The van der Waals surface area contributed by atoms with Crippen LogP contribution in [0.4, 0.5) is 0 Å². The lowest BCUT2D eigenvalue weighted by atomic mass is 9.99. The number of likely N-dealkylation sites (tertiary alicyclic amines) is 1. The Balaban J connectivity index is 1.94. The summed E-state index contributed by atoms with van der Waals surface area (Å²) >= 11 is 0. The van der Waals surface area contributed by atoms with Crippen LogP contribution in [0, 0.1) is 0 Å². The van der Waals surface area contributed by atoms with Gasteiger partial charge in [0.25, 0.3) is 9.05 Å². The second kappa shape index (κ2) is 5.18. The summed E-state index contributed by atoms with van der Waals surface area (Å²) in [7, 11) is 1.56. The first-order valence-corrected chi connectivity index (χ1v) is 9.21. The molecule has 0 N–H and O–H groups in total. The van der Waals surface area contributed by atoms with Crippen LogP contribution in [0.3, 0.4) is 0 Å². The van der Waals surface area contributed by atoms with E-state index >= 15 is 0 Å². The second-order valence-corrected chi connectivity index (χ2v) is 8.09. The van der Waals surface area contributed by atoms with E-state index < -0.39 is 15.0 Å². The maximum absolute atomic E-state index is 12.6. The summed E-state index contributed by atoms with van der Waals surface area (Å²) in [5.74, 6) is 0.117. The van der Waals surface area contributed by atoms with Crippen molar-refractivity contribution in [3.8, 4) is 5.75 Å². The average Bonchev–Trinajstić information content (AvgIpc) is 3.02. The van der Waals surface area contributed by atoms with Gasteiger partial charge in [-0.3, -0.25) is 4.79 Å². The molecule has 0 saturated carbocycles. The minimum atomic E-state index is -3.81. The van der Waals surface area contributed by atoms with Crippen molar-refractivity contribution in [1.29, 1.82) is 0 Å². The molecule has 1 fully saturated rings. The number of hydrogen-bond acceptors (Lipinski definition) is 4. The molecule has 1 aromatic carbocycles. The Kier molecular flexibility index (Phi) is 3.61. The van der Waals surface area contributed by atoms with Gasteiger partial charge in [-0.25, -0.2) is 8.42 Å². The molecule has 7 heteroatoms. The third-order valence-electron chi connectivity index (χ3n) is 4.18. The predicted molar refractivity (Wildman–Crippen MR) is 78.1 cm³/mol. The summed E-state index contributed by atoms with van der Waals surface area (Å²) < 4.78 is 28.4. The molecule has 1 saturated heterocycles. The fourth-order valence-corrected chi connectivity index (χ4v) is 3.80. The SMILES string of the molecule is CC1CCCN1C(=O)C1COc2ccc(S(=O)(=O)Cl)cc21. The first kappa shape index (κ1) is 14.7. The van der Waals surface area contributed by atoms with Crippen LogP contribution in [0.5, 0.6) is 5.75 Å². The molecule has 2 aliphatic heterocycles. The standard InChI is InChI=1S/C14H16ClNO4S/c1-9-3-2-6-16(9)14(17)12-8-20-13-5-4-10(7-11(12)13)21(15,18)19/h4-5,7,9,12H,2-3,6,8H2,1H3. The largest absolute Gasteiger partial charge is 0.492 e. The number of ether oxygens (including phenoxy) is 1. The molecule has 0 radical (unpaired) electrons. The van der Waals surface area contributed by atoms with Crippen molar-refractivity contribution in [2.75, 3.05) is 13.2 Å². The Morgan fingerprint density at radius 3 is 2.81 bits per heavy atom. The zero-order valence-corrected chi connectivity index (χ0v) is 13.2. The predicted octanol–water partition coefficient (Wildman–Crippen LogP) is 2.10. The number of benzene rings is 1. The second-order valence-electron chi connectivity index (χ2n) is 5.52. The maximum Gasteiger partial charge on any atom is 0.261 e.